The Kier molecular flexibility index (Phi) is 4.36. The van der Waals surface area contributed by atoms with Crippen molar-refractivity contribution >= 4 is 5.91 Å². The normalized spacial score (nSPS) is 19.1. The minimum Gasteiger partial charge on any atom is -0.378 e. The molecule has 5 heteroatoms. The summed E-state index contributed by atoms with van der Waals surface area (Å²) in [6, 6.07) is 1.85. The van der Waals surface area contributed by atoms with Crippen molar-refractivity contribution in [2.45, 2.75) is 45.3 Å². The zero-order valence-electron chi connectivity index (χ0n) is 11.0. The second kappa shape index (κ2) is 6.00. The van der Waals surface area contributed by atoms with E-state index in [0.29, 0.717) is 13.0 Å². The maximum atomic E-state index is 11.9. The second-order valence-corrected chi connectivity index (χ2v) is 4.85. The lowest BCUT2D eigenvalue weighted by molar-refractivity contribution is -0.131. The lowest BCUT2D eigenvalue weighted by Gasteiger charge is -2.16. The number of carbonyl (C=O) groups is 1. The molecule has 0 radical (unpaired) electrons. The summed E-state index contributed by atoms with van der Waals surface area (Å²) >= 11 is 0. The number of carbonyl (C=O) groups excluding carboxylic acids is 1. The number of nitrogens with zero attached hydrogens (tertiary/aromatic N) is 2. The zero-order valence-corrected chi connectivity index (χ0v) is 11.0. The summed E-state index contributed by atoms with van der Waals surface area (Å²) in [4.78, 5) is 13.6. The number of amides is 1. The molecule has 1 aliphatic heterocycles. The molecular weight excluding hydrogens is 232 g/mol. The molecule has 1 aromatic rings. The molecule has 1 atom stereocenters. The highest BCUT2D eigenvalue weighted by Crippen LogP contribution is 2.17. The van der Waals surface area contributed by atoms with E-state index in [1.807, 2.05) is 13.0 Å². The first-order valence-corrected chi connectivity index (χ1v) is 6.43. The molecule has 2 rings (SSSR count). The Bertz CT molecular complexity index is 397. The maximum Gasteiger partial charge on any atom is 0.222 e. The van der Waals surface area contributed by atoms with Crippen molar-refractivity contribution in [1.29, 1.82) is 0 Å². The van der Waals surface area contributed by atoms with Crippen LogP contribution in [0.4, 0.5) is 0 Å². The molecule has 18 heavy (non-hydrogen) atoms. The van der Waals surface area contributed by atoms with E-state index in [1.54, 1.807) is 11.9 Å². The highest BCUT2D eigenvalue weighted by atomic mass is 16.5. The topological polar surface area (TPSA) is 55.6 Å². The Morgan fingerprint density at radius 1 is 1.61 bits per heavy atom. The predicted molar refractivity (Wildman–Crippen MR) is 65.9 cm³/mol. The Balaban J connectivity index is 1.74. The van der Waals surface area contributed by atoms with Crippen LogP contribution in [0.15, 0.2) is 10.6 Å². The van der Waals surface area contributed by atoms with Gasteiger partial charge in [0.2, 0.25) is 5.91 Å². The second-order valence-electron chi connectivity index (χ2n) is 4.85. The van der Waals surface area contributed by atoms with Crippen molar-refractivity contribution in [3.05, 3.63) is 17.5 Å². The number of hydrogen-bond acceptors (Lipinski definition) is 4. The first-order chi connectivity index (χ1) is 8.65. The van der Waals surface area contributed by atoms with Crippen molar-refractivity contribution in [3.63, 3.8) is 0 Å². The van der Waals surface area contributed by atoms with E-state index in [9.17, 15) is 4.79 Å². The van der Waals surface area contributed by atoms with Crippen molar-refractivity contribution in [2.75, 3.05) is 13.7 Å². The van der Waals surface area contributed by atoms with Gasteiger partial charge in [0.15, 0.2) is 0 Å². The molecule has 100 valence electrons. The van der Waals surface area contributed by atoms with Crippen molar-refractivity contribution in [2.24, 2.45) is 0 Å². The van der Waals surface area contributed by atoms with Gasteiger partial charge in [0.1, 0.15) is 11.5 Å². The van der Waals surface area contributed by atoms with Crippen LogP contribution in [-0.2, 0) is 16.1 Å². The molecule has 1 amide bonds. The molecule has 2 heterocycles. The van der Waals surface area contributed by atoms with Gasteiger partial charge in [-0.2, -0.15) is 0 Å². The van der Waals surface area contributed by atoms with Crippen LogP contribution in [0.3, 0.4) is 0 Å². The van der Waals surface area contributed by atoms with Crippen molar-refractivity contribution < 1.29 is 14.1 Å². The smallest absolute Gasteiger partial charge is 0.222 e. The molecule has 0 bridgehead atoms. The van der Waals surface area contributed by atoms with E-state index in [1.165, 1.54) is 0 Å². The van der Waals surface area contributed by atoms with Crippen molar-refractivity contribution in [1.82, 2.24) is 10.1 Å². The SMILES string of the molecule is Cc1cc(CN(C)C(=O)CCC2CCCO2)no1. The van der Waals surface area contributed by atoms with Gasteiger partial charge in [-0.15, -0.1) is 0 Å². The summed E-state index contributed by atoms with van der Waals surface area (Å²) in [5.74, 6) is 0.899. The minimum atomic E-state index is 0.131. The molecule has 0 N–H and O–H groups in total. The Hall–Kier alpha value is -1.36. The molecule has 1 aromatic heterocycles. The minimum absolute atomic E-state index is 0.131. The van der Waals surface area contributed by atoms with E-state index in [2.05, 4.69) is 5.16 Å². The van der Waals surface area contributed by atoms with Gasteiger partial charge in [-0.25, -0.2) is 0 Å². The monoisotopic (exact) mass is 252 g/mol. The third-order valence-electron chi connectivity index (χ3n) is 3.21. The number of aromatic nitrogens is 1. The number of aryl methyl sites for hydroxylation is 1. The fourth-order valence-corrected chi connectivity index (χ4v) is 2.17. The molecule has 1 saturated heterocycles. The van der Waals surface area contributed by atoms with Crippen LogP contribution in [0.5, 0.6) is 0 Å². The predicted octanol–water partition coefficient (Wildman–Crippen LogP) is 1.90. The van der Waals surface area contributed by atoms with Crippen molar-refractivity contribution in [3.8, 4) is 0 Å². The van der Waals surface area contributed by atoms with Gasteiger partial charge in [0.05, 0.1) is 12.6 Å². The van der Waals surface area contributed by atoms with Crippen LogP contribution in [0, 0.1) is 6.92 Å². The number of ether oxygens (including phenoxy) is 1. The van der Waals surface area contributed by atoms with Gasteiger partial charge in [-0.05, 0) is 26.2 Å². The third kappa shape index (κ3) is 3.57. The quantitative estimate of drug-likeness (QED) is 0.803. The molecule has 0 aromatic carbocycles. The highest BCUT2D eigenvalue weighted by Gasteiger charge is 2.18. The number of rotatable bonds is 5. The van der Waals surface area contributed by atoms with Crippen LogP contribution < -0.4 is 0 Å². The first kappa shape index (κ1) is 13.1. The van der Waals surface area contributed by atoms with Crippen LogP contribution in [0.25, 0.3) is 0 Å². The summed E-state index contributed by atoms with van der Waals surface area (Å²) in [7, 11) is 1.79. The fraction of sp³-hybridized carbons (Fsp3) is 0.692. The average Bonchev–Trinajstić information content (AvgIpc) is 2.97. The van der Waals surface area contributed by atoms with Crippen LogP contribution in [0.1, 0.15) is 37.1 Å². The first-order valence-electron chi connectivity index (χ1n) is 6.43. The van der Waals surface area contributed by atoms with E-state index >= 15 is 0 Å². The molecule has 0 spiro atoms. The Morgan fingerprint density at radius 2 is 2.44 bits per heavy atom. The Morgan fingerprint density at radius 3 is 3.06 bits per heavy atom. The number of hydrogen-bond donors (Lipinski definition) is 0. The van der Waals surface area contributed by atoms with Gasteiger partial charge in [-0.1, -0.05) is 5.16 Å². The van der Waals surface area contributed by atoms with Gasteiger partial charge in [-0.3, -0.25) is 4.79 Å². The lowest BCUT2D eigenvalue weighted by Crippen LogP contribution is -2.27. The highest BCUT2D eigenvalue weighted by molar-refractivity contribution is 5.75. The summed E-state index contributed by atoms with van der Waals surface area (Å²) in [6.07, 6.45) is 3.84. The summed E-state index contributed by atoms with van der Waals surface area (Å²) < 4.78 is 10.5. The van der Waals surface area contributed by atoms with Gasteiger partial charge >= 0.3 is 0 Å². The van der Waals surface area contributed by atoms with Crippen LogP contribution in [-0.4, -0.2) is 35.7 Å². The molecule has 0 saturated carbocycles. The third-order valence-corrected chi connectivity index (χ3v) is 3.21. The standard InChI is InChI=1S/C13H20N2O3/c1-10-8-11(14-18-10)9-15(2)13(16)6-5-12-4-3-7-17-12/h8,12H,3-7,9H2,1-2H3. The van der Waals surface area contributed by atoms with Gasteiger partial charge in [0.25, 0.3) is 0 Å². The summed E-state index contributed by atoms with van der Waals surface area (Å²) in [5, 5.41) is 3.88. The lowest BCUT2D eigenvalue weighted by atomic mass is 10.1. The van der Waals surface area contributed by atoms with Crippen LogP contribution >= 0.6 is 0 Å². The fourth-order valence-electron chi connectivity index (χ4n) is 2.17. The molecular formula is C13H20N2O3. The summed E-state index contributed by atoms with van der Waals surface area (Å²) in [5.41, 5.74) is 0.792. The maximum absolute atomic E-state index is 11.9. The molecule has 1 unspecified atom stereocenters. The summed E-state index contributed by atoms with van der Waals surface area (Å²) in [6.45, 7) is 3.18. The van der Waals surface area contributed by atoms with Gasteiger partial charge < -0.3 is 14.2 Å². The molecule has 5 nitrogen and oxygen atoms in total. The molecule has 1 aliphatic rings. The van der Waals surface area contributed by atoms with E-state index in [4.69, 9.17) is 9.26 Å². The van der Waals surface area contributed by atoms with Crippen LogP contribution in [0.2, 0.25) is 0 Å². The van der Waals surface area contributed by atoms with E-state index in [-0.39, 0.29) is 12.0 Å². The van der Waals surface area contributed by atoms with E-state index in [0.717, 1.165) is 37.3 Å². The largest absolute Gasteiger partial charge is 0.378 e. The van der Waals surface area contributed by atoms with E-state index < -0.39 is 0 Å². The van der Waals surface area contributed by atoms with Gasteiger partial charge in [0, 0.05) is 26.1 Å². The molecule has 1 fully saturated rings. The Labute approximate surface area is 107 Å². The molecule has 0 aliphatic carbocycles. The average molecular weight is 252 g/mol. The zero-order chi connectivity index (χ0) is 13.0.